The number of carbonyl (C=O) groups is 1. The van der Waals surface area contributed by atoms with E-state index in [1.165, 1.54) is 11.0 Å². The number of hydrogen-bond donors (Lipinski definition) is 1. The molecule has 1 amide bonds. The van der Waals surface area contributed by atoms with Crippen LogP contribution in [0.1, 0.15) is 17.3 Å². The van der Waals surface area contributed by atoms with E-state index in [-0.39, 0.29) is 11.9 Å². The van der Waals surface area contributed by atoms with E-state index < -0.39 is 0 Å². The van der Waals surface area contributed by atoms with Crippen molar-refractivity contribution in [3.8, 4) is 5.69 Å². The van der Waals surface area contributed by atoms with Crippen LogP contribution in [0.5, 0.6) is 0 Å². The van der Waals surface area contributed by atoms with Gasteiger partial charge in [-0.25, -0.2) is 0 Å². The molecule has 1 N–H and O–H groups in total. The standard InChI is InChI=1S/C14H14ClN7O/c1-10(8-21-6-2-5-17-21)18-14(23)12-7-11(15)3-4-13(12)22-9-16-19-20-22/h2-7,9-10H,8H2,1H3,(H,18,23). The minimum Gasteiger partial charge on any atom is -0.348 e. The van der Waals surface area contributed by atoms with Crippen LogP contribution in [-0.4, -0.2) is 41.9 Å². The Morgan fingerprint density at radius 1 is 1.43 bits per heavy atom. The zero-order chi connectivity index (χ0) is 16.2. The van der Waals surface area contributed by atoms with Crippen molar-refractivity contribution in [2.24, 2.45) is 0 Å². The van der Waals surface area contributed by atoms with Crippen molar-refractivity contribution in [2.75, 3.05) is 0 Å². The Hall–Kier alpha value is -2.74. The van der Waals surface area contributed by atoms with Gasteiger partial charge < -0.3 is 5.32 Å². The average molecular weight is 332 g/mol. The zero-order valence-corrected chi connectivity index (χ0v) is 13.1. The summed E-state index contributed by atoms with van der Waals surface area (Å²) >= 11 is 6.02. The number of nitrogens with zero attached hydrogens (tertiary/aromatic N) is 6. The van der Waals surface area contributed by atoms with E-state index in [0.29, 0.717) is 22.8 Å². The summed E-state index contributed by atoms with van der Waals surface area (Å²) in [4.78, 5) is 12.6. The van der Waals surface area contributed by atoms with Crippen LogP contribution in [0, 0.1) is 0 Å². The van der Waals surface area contributed by atoms with Crippen LogP contribution in [0.3, 0.4) is 0 Å². The number of halogens is 1. The minimum atomic E-state index is -0.252. The van der Waals surface area contributed by atoms with Crippen LogP contribution >= 0.6 is 11.6 Å². The molecule has 0 bridgehead atoms. The molecule has 8 nitrogen and oxygen atoms in total. The Labute approximate surface area is 137 Å². The molecule has 0 aliphatic rings. The van der Waals surface area contributed by atoms with E-state index in [1.807, 2.05) is 19.2 Å². The summed E-state index contributed by atoms with van der Waals surface area (Å²) in [5.41, 5.74) is 0.959. The average Bonchev–Trinajstić information content (AvgIpc) is 3.20. The maximum Gasteiger partial charge on any atom is 0.253 e. The molecule has 0 saturated carbocycles. The molecule has 0 spiro atoms. The first-order valence-electron chi connectivity index (χ1n) is 6.94. The molecule has 9 heteroatoms. The predicted molar refractivity (Wildman–Crippen MR) is 83.3 cm³/mol. The monoisotopic (exact) mass is 331 g/mol. The number of tetrazole rings is 1. The van der Waals surface area contributed by atoms with Gasteiger partial charge in [0.15, 0.2) is 0 Å². The molecule has 2 aromatic heterocycles. The fourth-order valence-electron chi connectivity index (χ4n) is 2.20. The van der Waals surface area contributed by atoms with Gasteiger partial charge in [0.05, 0.1) is 17.8 Å². The van der Waals surface area contributed by atoms with E-state index in [0.717, 1.165) is 0 Å². The van der Waals surface area contributed by atoms with Gasteiger partial charge in [0.2, 0.25) is 0 Å². The van der Waals surface area contributed by atoms with Crippen molar-refractivity contribution in [3.63, 3.8) is 0 Å². The molecule has 3 aromatic rings. The number of carbonyl (C=O) groups excluding carboxylic acids is 1. The first kappa shape index (κ1) is 15.2. The van der Waals surface area contributed by atoms with E-state index >= 15 is 0 Å². The number of hydrogen-bond acceptors (Lipinski definition) is 5. The lowest BCUT2D eigenvalue weighted by atomic mass is 10.1. The van der Waals surface area contributed by atoms with E-state index in [2.05, 4.69) is 25.9 Å². The molecule has 1 atom stereocenters. The molecule has 0 radical (unpaired) electrons. The largest absolute Gasteiger partial charge is 0.348 e. The summed E-state index contributed by atoms with van der Waals surface area (Å²) in [6.45, 7) is 2.47. The normalized spacial score (nSPS) is 12.1. The highest BCUT2D eigenvalue weighted by atomic mass is 35.5. The Morgan fingerprint density at radius 2 is 2.30 bits per heavy atom. The first-order valence-corrected chi connectivity index (χ1v) is 7.32. The summed E-state index contributed by atoms with van der Waals surface area (Å²) in [5, 5.41) is 18.5. The van der Waals surface area contributed by atoms with Gasteiger partial charge in [-0.1, -0.05) is 11.6 Å². The van der Waals surface area contributed by atoms with Crippen LogP contribution in [0.2, 0.25) is 5.02 Å². The van der Waals surface area contributed by atoms with Crippen LogP contribution in [-0.2, 0) is 6.54 Å². The molecular formula is C14H14ClN7O. The van der Waals surface area contributed by atoms with E-state index in [1.54, 1.807) is 29.1 Å². The minimum absolute atomic E-state index is 0.108. The predicted octanol–water partition coefficient (Wildman–Crippen LogP) is 1.33. The highest BCUT2D eigenvalue weighted by Crippen LogP contribution is 2.19. The number of aromatic nitrogens is 6. The quantitative estimate of drug-likeness (QED) is 0.761. The van der Waals surface area contributed by atoms with Gasteiger partial charge in [-0.3, -0.25) is 9.48 Å². The van der Waals surface area contributed by atoms with Gasteiger partial charge in [0.1, 0.15) is 6.33 Å². The van der Waals surface area contributed by atoms with Crippen LogP contribution in [0.15, 0.2) is 43.0 Å². The lowest BCUT2D eigenvalue weighted by molar-refractivity contribution is 0.0936. The lowest BCUT2D eigenvalue weighted by Gasteiger charge is -2.15. The Morgan fingerprint density at radius 3 is 3.00 bits per heavy atom. The fourth-order valence-corrected chi connectivity index (χ4v) is 2.37. The van der Waals surface area contributed by atoms with Gasteiger partial charge in [0, 0.05) is 23.5 Å². The molecule has 118 valence electrons. The second-order valence-electron chi connectivity index (χ2n) is 5.02. The van der Waals surface area contributed by atoms with Crippen molar-refractivity contribution in [3.05, 3.63) is 53.6 Å². The third-order valence-corrected chi connectivity index (χ3v) is 3.43. The number of amides is 1. The van der Waals surface area contributed by atoms with Gasteiger partial charge >= 0.3 is 0 Å². The summed E-state index contributed by atoms with van der Waals surface area (Å²) in [7, 11) is 0. The number of nitrogens with one attached hydrogen (secondary N) is 1. The Bertz CT molecular complexity index is 786. The number of benzene rings is 1. The van der Waals surface area contributed by atoms with Crippen molar-refractivity contribution in [1.29, 1.82) is 0 Å². The van der Waals surface area contributed by atoms with Crippen molar-refractivity contribution >= 4 is 17.5 Å². The molecule has 3 rings (SSSR count). The summed E-state index contributed by atoms with van der Waals surface area (Å²) in [6, 6.07) is 6.70. The molecule has 0 aliphatic carbocycles. The molecule has 2 heterocycles. The summed E-state index contributed by atoms with van der Waals surface area (Å²) in [6.07, 6.45) is 4.96. The molecule has 1 unspecified atom stereocenters. The summed E-state index contributed by atoms with van der Waals surface area (Å²) < 4.78 is 3.18. The van der Waals surface area contributed by atoms with E-state index in [9.17, 15) is 4.79 Å². The third kappa shape index (κ3) is 3.54. The summed E-state index contributed by atoms with van der Waals surface area (Å²) in [5.74, 6) is -0.252. The van der Waals surface area contributed by atoms with Crippen molar-refractivity contribution < 1.29 is 4.79 Å². The maximum atomic E-state index is 12.6. The maximum absolute atomic E-state index is 12.6. The van der Waals surface area contributed by atoms with Crippen LogP contribution in [0.4, 0.5) is 0 Å². The van der Waals surface area contributed by atoms with Crippen molar-refractivity contribution in [2.45, 2.75) is 19.5 Å². The SMILES string of the molecule is CC(Cn1cccn1)NC(=O)c1cc(Cl)ccc1-n1cnnn1. The van der Waals surface area contributed by atoms with Crippen LogP contribution in [0.25, 0.3) is 5.69 Å². The van der Waals surface area contributed by atoms with Gasteiger partial charge in [-0.2, -0.15) is 9.78 Å². The number of rotatable bonds is 5. The smallest absolute Gasteiger partial charge is 0.253 e. The molecule has 0 fully saturated rings. The lowest BCUT2D eigenvalue weighted by Crippen LogP contribution is -2.36. The fraction of sp³-hybridized carbons (Fsp3) is 0.214. The first-order chi connectivity index (χ1) is 11.1. The highest BCUT2D eigenvalue weighted by molar-refractivity contribution is 6.31. The molecular weight excluding hydrogens is 318 g/mol. The molecule has 0 aliphatic heterocycles. The molecule has 23 heavy (non-hydrogen) atoms. The third-order valence-electron chi connectivity index (χ3n) is 3.20. The highest BCUT2D eigenvalue weighted by Gasteiger charge is 2.16. The van der Waals surface area contributed by atoms with Crippen molar-refractivity contribution in [1.82, 2.24) is 35.3 Å². The second kappa shape index (κ2) is 6.57. The van der Waals surface area contributed by atoms with Gasteiger partial charge in [-0.15, -0.1) is 5.10 Å². The Balaban J connectivity index is 1.80. The topological polar surface area (TPSA) is 90.5 Å². The van der Waals surface area contributed by atoms with Gasteiger partial charge in [0.25, 0.3) is 5.91 Å². The van der Waals surface area contributed by atoms with Crippen LogP contribution < -0.4 is 5.32 Å². The Kier molecular flexibility index (Phi) is 4.33. The second-order valence-corrected chi connectivity index (χ2v) is 5.45. The zero-order valence-electron chi connectivity index (χ0n) is 12.3. The molecule has 0 saturated heterocycles. The van der Waals surface area contributed by atoms with E-state index in [4.69, 9.17) is 11.6 Å². The van der Waals surface area contributed by atoms with Gasteiger partial charge in [-0.05, 0) is 41.6 Å². The molecule has 1 aromatic carbocycles.